The van der Waals surface area contributed by atoms with Crippen LogP contribution in [-0.4, -0.2) is 20.9 Å². The van der Waals surface area contributed by atoms with Gasteiger partial charge >= 0.3 is 5.97 Å². The van der Waals surface area contributed by atoms with E-state index in [-0.39, 0.29) is 12.4 Å². The van der Waals surface area contributed by atoms with E-state index in [2.05, 4.69) is 5.10 Å². The zero-order valence-corrected chi connectivity index (χ0v) is 10.8. The fourth-order valence-electron chi connectivity index (χ4n) is 1.60. The quantitative estimate of drug-likeness (QED) is 0.851. The summed E-state index contributed by atoms with van der Waals surface area (Å²) in [4.78, 5) is 10.4. The van der Waals surface area contributed by atoms with Crippen LogP contribution >= 0.6 is 0 Å². The standard InChI is InChI=1S/C14H13FN2O3/c1-17-7-6-11(16-17)9-20-13-4-2-10(8-12(13)15)3-5-14(18)19/h2-8H,9H2,1H3,(H,18,19)/b5-3+. The summed E-state index contributed by atoms with van der Waals surface area (Å²) in [6, 6.07) is 6.03. The molecule has 2 aromatic rings. The molecule has 0 saturated carbocycles. The molecule has 0 aliphatic rings. The maximum Gasteiger partial charge on any atom is 0.328 e. The Morgan fingerprint density at radius 2 is 2.30 bits per heavy atom. The van der Waals surface area contributed by atoms with Gasteiger partial charge in [0.1, 0.15) is 6.61 Å². The molecular weight excluding hydrogens is 263 g/mol. The fraction of sp³-hybridized carbons (Fsp3) is 0.143. The average Bonchev–Trinajstić information content (AvgIpc) is 2.81. The number of benzene rings is 1. The zero-order valence-electron chi connectivity index (χ0n) is 10.8. The van der Waals surface area contributed by atoms with Crippen LogP contribution in [0.3, 0.4) is 0 Å². The SMILES string of the molecule is Cn1ccc(COc2ccc(/C=C/C(=O)O)cc2F)n1. The van der Waals surface area contributed by atoms with Crippen LogP contribution in [0.25, 0.3) is 6.08 Å². The number of hydrogen-bond donors (Lipinski definition) is 1. The molecule has 1 aromatic heterocycles. The lowest BCUT2D eigenvalue weighted by Crippen LogP contribution is -1.99. The Labute approximate surface area is 114 Å². The Bertz CT molecular complexity index is 650. The van der Waals surface area contributed by atoms with Crippen LogP contribution in [-0.2, 0) is 18.4 Å². The van der Waals surface area contributed by atoms with Gasteiger partial charge in [-0.2, -0.15) is 5.10 Å². The predicted molar refractivity (Wildman–Crippen MR) is 70.6 cm³/mol. The predicted octanol–water partition coefficient (Wildman–Crippen LogP) is 2.24. The summed E-state index contributed by atoms with van der Waals surface area (Å²) in [5.74, 6) is -1.53. The second-order valence-electron chi connectivity index (χ2n) is 4.13. The molecule has 0 aliphatic heterocycles. The van der Waals surface area contributed by atoms with Crippen molar-refractivity contribution >= 4 is 12.0 Å². The molecule has 2 rings (SSSR count). The Kier molecular flexibility index (Phi) is 4.14. The lowest BCUT2D eigenvalue weighted by Gasteiger charge is -2.06. The van der Waals surface area contributed by atoms with Gasteiger partial charge in [0.05, 0.1) is 5.69 Å². The van der Waals surface area contributed by atoms with Gasteiger partial charge in [0.25, 0.3) is 0 Å². The van der Waals surface area contributed by atoms with E-state index in [0.717, 1.165) is 6.08 Å². The smallest absolute Gasteiger partial charge is 0.328 e. The molecular formula is C14H13FN2O3. The second kappa shape index (κ2) is 6.01. The first-order valence-electron chi connectivity index (χ1n) is 5.86. The van der Waals surface area contributed by atoms with Gasteiger partial charge < -0.3 is 9.84 Å². The first-order chi connectivity index (χ1) is 9.54. The largest absolute Gasteiger partial charge is 0.484 e. The number of carboxylic acid groups (broad SMARTS) is 1. The summed E-state index contributed by atoms with van der Waals surface area (Å²) < 4.78 is 20.7. The van der Waals surface area contributed by atoms with Gasteiger partial charge in [-0.15, -0.1) is 0 Å². The topological polar surface area (TPSA) is 64.3 Å². The molecule has 0 spiro atoms. The molecule has 0 aliphatic carbocycles. The van der Waals surface area contributed by atoms with Crippen LogP contribution in [0.1, 0.15) is 11.3 Å². The number of hydrogen-bond acceptors (Lipinski definition) is 3. The molecule has 6 heteroatoms. The van der Waals surface area contributed by atoms with E-state index in [4.69, 9.17) is 9.84 Å². The minimum Gasteiger partial charge on any atom is -0.484 e. The maximum atomic E-state index is 13.8. The lowest BCUT2D eigenvalue weighted by atomic mass is 10.2. The molecule has 1 aromatic carbocycles. The monoisotopic (exact) mass is 276 g/mol. The van der Waals surface area contributed by atoms with Gasteiger partial charge in [0.2, 0.25) is 0 Å². The third-order valence-electron chi connectivity index (χ3n) is 2.52. The van der Waals surface area contributed by atoms with Gasteiger partial charge in [-0.1, -0.05) is 6.07 Å². The maximum absolute atomic E-state index is 13.8. The molecule has 20 heavy (non-hydrogen) atoms. The molecule has 0 unspecified atom stereocenters. The Morgan fingerprint density at radius 1 is 1.50 bits per heavy atom. The highest BCUT2D eigenvalue weighted by atomic mass is 19.1. The molecule has 0 saturated heterocycles. The van der Waals surface area contributed by atoms with Gasteiger partial charge in [-0.05, 0) is 29.8 Å². The number of aryl methyl sites for hydroxylation is 1. The first-order valence-corrected chi connectivity index (χ1v) is 5.86. The molecule has 1 N–H and O–H groups in total. The minimum atomic E-state index is -1.08. The van der Waals surface area contributed by atoms with Crippen molar-refractivity contribution in [1.82, 2.24) is 9.78 Å². The average molecular weight is 276 g/mol. The summed E-state index contributed by atoms with van der Waals surface area (Å²) in [6.45, 7) is 0.169. The van der Waals surface area contributed by atoms with Gasteiger partial charge in [-0.3, -0.25) is 4.68 Å². The normalized spacial score (nSPS) is 10.9. The number of nitrogens with zero attached hydrogens (tertiary/aromatic N) is 2. The molecule has 104 valence electrons. The van der Waals surface area contributed by atoms with Crippen molar-refractivity contribution in [2.45, 2.75) is 6.61 Å². The van der Waals surface area contributed by atoms with Crippen molar-refractivity contribution in [3.8, 4) is 5.75 Å². The van der Waals surface area contributed by atoms with Gasteiger partial charge in [0, 0.05) is 19.3 Å². The summed E-state index contributed by atoms with van der Waals surface area (Å²) in [5.41, 5.74) is 1.15. The van der Waals surface area contributed by atoms with E-state index in [0.29, 0.717) is 11.3 Å². The van der Waals surface area contributed by atoms with Crippen molar-refractivity contribution in [3.63, 3.8) is 0 Å². The number of aromatic nitrogens is 2. The molecule has 0 fully saturated rings. The Morgan fingerprint density at radius 3 is 2.90 bits per heavy atom. The highest BCUT2D eigenvalue weighted by Crippen LogP contribution is 2.20. The summed E-state index contributed by atoms with van der Waals surface area (Å²) in [7, 11) is 1.79. The number of aliphatic carboxylic acids is 1. The molecule has 0 radical (unpaired) electrons. The molecule has 0 amide bonds. The van der Waals surface area contributed by atoms with E-state index < -0.39 is 11.8 Å². The van der Waals surface area contributed by atoms with Crippen LogP contribution in [0, 0.1) is 5.82 Å². The van der Waals surface area contributed by atoms with Gasteiger partial charge in [-0.25, -0.2) is 9.18 Å². The van der Waals surface area contributed by atoms with Crippen LogP contribution < -0.4 is 4.74 Å². The third-order valence-corrected chi connectivity index (χ3v) is 2.52. The number of ether oxygens (including phenoxy) is 1. The van der Waals surface area contributed by atoms with Crippen LogP contribution in [0.5, 0.6) is 5.75 Å². The van der Waals surface area contributed by atoms with E-state index in [1.54, 1.807) is 30.1 Å². The summed E-state index contributed by atoms with van der Waals surface area (Å²) in [5, 5.41) is 12.6. The minimum absolute atomic E-state index is 0.100. The van der Waals surface area contributed by atoms with Crippen molar-refractivity contribution in [1.29, 1.82) is 0 Å². The highest BCUT2D eigenvalue weighted by Gasteiger charge is 2.05. The number of carbonyl (C=O) groups is 1. The summed E-state index contributed by atoms with van der Waals surface area (Å²) in [6.07, 6.45) is 4.03. The van der Waals surface area contributed by atoms with Crippen LogP contribution in [0.2, 0.25) is 0 Å². The Hall–Kier alpha value is -2.63. The van der Waals surface area contributed by atoms with Crippen molar-refractivity contribution in [3.05, 3.63) is 53.6 Å². The molecule has 0 atom stereocenters. The third kappa shape index (κ3) is 3.68. The number of halogens is 1. The Balaban J connectivity index is 2.04. The molecule has 0 bridgehead atoms. The number of rotatable bonds is 5. The van der Waals surface area contributed by atoms with Gasteiger partial charge in [0.15, 0.2) is 11.6 Å². The summed E-state index contributed by atoms with van der Waals surface area (Å²) >= 11 is 0. The van der Waals surface area contributed by atoms with E-state index in [1.165, 1.54) is 18.2 Å². The second-order valence-corrected chi connectivity index (χ2v) is 4.13. The van der Waals surface area contributed by atoms with Crippen molar-refractivity contribution < 1.29 is 19.0 Å². The highest BCUT2D eigenvalue weighted by molar-refractivity contribution is 5.85. The van der Waals surface area contributed by atoms with E-state index in [1.807, 2.05) is 0 Å². The lowest BCUT2D eigenvalue weighted by molar-refractivity contribution is -0.131. The first kappa shape index (κ1) is 13.8. The van der Waals surface area contributed by atoms with Crippen molar-refractivity contribution in [2.24, 2.45) is 7.05 Å². The van der Waals surface area contributed by atoms with E-state index >= 15 is 0 Å². The zero-order chi connectivity index (χ0) is 14.5. The number of carboxylic acids is 1. The van der Waals surface area contributed by atoms with Crippen LogP contribution in [0.15, 0.2) is 36.5 Å². The fourth-order valence-corrected chi connectivity index (χ4v) is 1.60. The van der Waals surface area contributed by atoms with E-state index in [9.17, 15) is 9.18 Å². The van der Waals surface area contributed by atoms with Crippen LogP contribution in [0.4, 0.5) is 4.39 Å². The van der Waals surface area contributed by atoms with Crippen molar-refractivity contribution in [2.75, 3.05) is 0 Å². The molecule has 1 heterocycles. The molecule has 5 nitrogen and oxygen atoms in total.